The monoisotopic (exact) mass is 658 g/mol. The number of ether oxygens (including phenoxy) is 2. The molecule has 1 saturated heterocycles. The van der Waals surface area contributed by atoms with Crippen LogP contribution in [-0.4, -0.2) is 43.5 Å². The number of nitrogens with zero attached hydrogens (tertiary/aromatic N) is 2. The summed E-state index contributed by atoms with van der Waals surface area (Å²) in [5.41, 5.74) is 7.47. The number of benzene rings is 3. The average Bonchev–Trinajstić information content (AvgIpc) is 3.53. The van der Waals surface area contributed by atoms with Gasteiger partial charge in [-0.25, -0.2) is 10.5 Å². The van der Waals surface area contributed by atoms with E-state index in [0.717, 1.165) is 50.7 Å². The van der Waals surface area contributed by atoms with Crippen LogP contribution in [0, 0.1) is 0 Å². The van der Waals surface area contributed by atoms with E-state index >= 15 is 0 Å². The minimum absolute atomic E-state index is 0.00409. The number of carbonyl (C=O) groups excluding carboxylic acids is 2. The van der Waals surface area contributed by atoms with Gasteiger partial charge in [0.15, 0.2) is 11.4 Å². The molecule has 248 valence electrons. The van der Waals surface area contributed by atoms with E-state index in [1.165, 1.54) is 0 Å². The maximum Gasteiger partial charge on any atom is 0.243 e. The van der Waals surface area contributed by atoms with Crippen molar-refractivity contribution in [2.45, 2.75) is 75.3 Å². The van der Waals surface area contributed by atoms with Gasteiger partial charge in [-0.1, -0.05) is 78.8 Å². The van der Waals surface area contributed by atoms with E-state index in [4.69, 9.17) is 14.7 Å². The number of aromatic nitrogens is 2. The van der Waals surface area contributed by atoms with Gasteiger partial charge in [-0.2, -0.15) is 0 Å². The maximum atomic E-state index is 12.4. The number of carbonyl (C=O) groups is 2. The predicted octanol–water partition coefficient (Wildman–Crippen LogP) is 5.99. The predicted molar refractivity (Wildman–Crippen MR) is 179 cm³/mol. The van der Waals surface area contributed by atoms with E-state index in [1.54, 1.807) is 23.4 Å². The minimum atomic E-state index is -0.571. The minimum Gasteiger partial charge on any atom is -0.392 e. The van der Waals surface area contributed by atoms with Gasteiger partial charge in [0.1, 0.15) is 0 Å². The Kier molecular flexibility index (Phi) is 12.6. The molecule has 3 unspecified atom stereocenters. The van der Waals surface area contributed by atoms with E-state index < -0.39 is 12.2 Å². The number of imidazole rings is 1. The highest BCUT2D eigenvalue weighted by Gasteiger charge is 2.32. The van der Waals surface area contributed by atoms with Crippen molar-refractivity contribution in [1.29, 1.82) is 0 Å². The van der Waals surface area contributed by atoms with Gasteiger partial charge in [-0.15, -0.1) is 0 Å². The van der Waals surface area contributed by atoms with Crippen molar-refractivity contribution < 1.29 is 29.4 Å². The third-order valence-corrected chi connectivity index (χ3v) is 9.32. The summed E-state index contributed by atoms with van der Waals surface area (Å²) >= 11 is 1.66. The van der Waals surface area contributed by atoms with E-state index in [-0.39, 0.29) is 31.1 Å². The summed E-state index contributed by atoms with van der Waals surface area (Å²) in [6, 6.07) is 24.2. The molecule has 47 heavy (non-hydrogen) atoms. The number of hydroxylamine groups is 1. The molecule has 10 nitrogen and oxygen atoms in total. The van der Waals surface area contributed by atoms with Crippen LogP contribution in [0.1, 0.15) is 73.2 Å². The standard InChI is InChI=1S/C36H42N4O6S/c1-40-18-17-37-36(40)47-24-31-21-32(27-15-13-25(23-41)14-16-27)46-35(45-31)30-10-6-9-29(20-30)28-8-5-7-26(19-28)22-38-33(42)11-3-2-4-12-34(43)39-44/h5-10,13-20,31-32,35,41,44H,2-4,11-12,21-24H2,1H3,(H,38,42)(H,39,43). The Bertz CT molecular complexity index is 1610. The molecule has 3 aromatic carbocycles. The van der Waals surface area contributed by atoms with Crippen molar-refractivity contribution in [3.05, 3.63) is 107 Å². The molecular formula is C36H42N4O6S. The fraction of sp³-hybridized carbons (Fsp3) is 0.361. The molecule has 0 radical (unpaired) electrons. The first-order valence-corrected chi connectivity index (χ1v) is 16.9. The molecule has 0 saturated carbocycles. The number of aliphatic hydroxyl groups is 1. The summed E-state index contributed by atoms with van der Waals surface area (Å²) in [5, 5.41) is 22.0. The van der Waals surface area contributed by atoms with Gasteiger partial charge in [0.05, 0.1) is 18.8 Å². The molecule has 2 amide bonds. The largest absolute Gasteiger partial charge is 0.392 e. The van der Waals surface area contributed by atoms with Crippen molar-refractivity contribution in [1.82, 2.24) is 20.3 Å². The van der Waals surface area contributed by atoms with Crippen LogP contribution in [0.2, 0.25) is 0 Å². The van der Waals surface area contributed by atoms with Gasteiger partial charge in [-0.05, 0) is 52.8 Å². The smallest absolute Gasteiger partial charge is 0.243 e. The van der Waals surface area contributed by atoms with Gasteiger partial charge < -0.3 is 24.5 Å². The van der Waals surface area contributed by atoms with Crippen LogP contribution in [-0.2, 0) is 39.3 Å². The lowest BCUT2D eigenvalue weighted by molar-refractivity contribution is -0.245. The number of thioether (sulfide) groups is 1. The van der Waals surface area contributed by atoms with E-state index in [9.17, 15) is 14.7 Å². The van der Waals surface area contributed by atoms with Crippen molar-refractivity contribution in [3.63, 3.8) is 0 Å². The highest BCUT2D eigenvalue weighted by Crippen LogP contribution is 2.40. The second kappa shape index (κ2) is 17.2. The number of hydrogen-bond acceptors (Lipinski definition) is 8. The van der Waals surface area contributed by atoms with Crippen molar-refractivity contribution in [3.8, 4) is 11.1 Å². The molecular weight excluding hydrogens is 616 g/mol. The molecule has 3 atom stereocenters. The molecule has 1 fully saturated rings. The summed E-state index contributed by atoms with van der Waals surface area (Å²) in [4.78, 5) is 27.9. The van der Waals surface area contributed by atoms with Crippen LogP contribution in [0.5, 0.6) is 0 Å². The second-order valence-electron chi connectivity index (χ2n) is 11.7. The maximum absolute atomic E-state index is 12.4. The lowest BCUT2D eigenvalue weighted by atomic mass is 9.99. The molecule has 0 spiro atoms. The quantitative estimate of drug-likeness (QED) is 0.0530. The van der Waals surface area contributed by atoms with Crippen LogP contribution in [0.25, 0.3) is 11.1 Å². The topological polar surface area (TPSA) is 135 Å². The van der Waals surface area contributed by atoms with Crippen LogP contribution < -0.4 is 10.8 Å². The number of hydrogen-bond donors (Lipinski definition) is 4. The van der Waals surface area contributed by atoms with E-state index in [1.807, 2.05) is 72.4 Å². The highest BCUT2D eigenvalue weighted by atomic mass is 32.2. The highest BCUT2D eigenvalue weighted by molar-refractivity contribution is 7.99. The summed E-state index contributed by atoms with van der Waals surface area (Å²) < 4.78 is 15.1. The Balaban J connectivity index is 1.24. The Morgan fingerprint density at radius 3 is 2.38 bits per heavy atom. The third kappa shape index (κ3) is 9.99. The summed E-state index contributed by atoms with van der Waals surface area (Å²) in [6.07, 6.45) is 6.28. The first-order valence-electron chi connectivity index (χ1n) is 15.9. The zero-order chi connectivity index (χ0) is 33.0. The van der Waals surface area contributed by atoms with Crippen molar-refractivity contribution in [2.75, 3.05) is 5.75 Å². The molecule has 0 bridgehead atoms. The summed E-state index contributed by atoms with van der Waals surface area (Å²) in [5.74, 6) is 0.282. The summed E-state index contributed by atoms with van der Waals surface area (Å²) in [7, 11) is 1.98. The van der Waals surface area contributed by atoms with Crippen molar-refractivity contribution in [2.24, 2.45) is 7.05 Å². The molecule has 1 aliphatic rings. The number of amides is 2. The normalized spacial score (nSPS) is 17.7. The Morgan fingerprint density at radius 1 is 0.915 bits per heavy atom. The Labute approximate surface area is 279 Å². The number of aliphatic hydroxyl groups excluding tert-OH is 1. The average molecular weight is 659 g/mol. The fourth-order valence-corrected chi connectivity index (χ4v) is 6.45. The first kappa shape index (κ1) is 34.3. The zero-order valence-corrected chi connectivity index (χ0v) is 27.3. The fourth-order valence-electron chi connectivity index (χ4n) is 5.50. The molecule has 11 heteroatoms. The van der Waals surface area contributed by atoms with Gasteiger partial charge >= 0.3 is 0 Å². The molecule has 2 heterocycles. The van der Waals surface area contributed by atoms with Gasteiger partial charge in [0.2, 0.25) is 11.8 Å². The molecule has 5 rings (SSSR count). The van der Waals surface area contributed by atoms with E-state index in [0.29, 0.717) is 32.2 Å². The Hall–Kier alpha value is -4.00. The summed E-state index contributed by atoms with van der Waals surface area (Å²) in [6.45, 7) is 0.413. The number of aryl methyl sites for hydroxylation is 1. The molecule has 4 aromatic rings. The number of rotatable bonds is 15. The van der Waals surface area contributed by atoms with Gasteiger partial charge in [-0.3, -0.25) is 14.8 Å². The molecule has 0 aliphatic carbocycles. The molecule has 1 aliphatic heterocycles. The van der Waals surface area contributed by atoms with Crippen molar-refractivity contribution >= 4 is 23.6 Å². The number of unbranched alkanes of at least 4 members (excludes halogenated alkanes) is 2. The zero-order valence-electron chi connectivity index (χ0n) is 26.5. The second-order valence-corrected chi connectivity index (χ2v) is 12.7. The van der Waals surface area contributed by atoms with Crippen LogP contribution in [0.15, 0.2) is 90.3 Å². The van der Waals surface area contributed by atoms with Gasteiger partial charge in [0.25, 0.3) is 0 Å². The van der Waals surface area contributed by atoms with Gasteiger partial charge in [0, 0.05) is 56.6 Å². The van der Waals surface area contributed by atoms with E-state index in [2.05, 4.69) is 28.5 Å². The third-order valence-electron chi connectivity index (χ3n) is 8.13. The lowest BCUT2D eigenvalue weighted by Crippen LogP contribution is -2.31. The molecule has 4 N–H and O–H groups in total. The SMILES string of the molecule is Cn1ccnc1SCC1CC(c2ccc(CO)cc2)OC(c2cccc(-c3cccc(CNC(=O)CCCCCC(=O)NO)c3)c2)O1. The first-order chi connectivity index (χ1) is 22.9. The van der Waals surface area contributed by atoms with Crippen LogP contribution >= 0.6 is 11.8 Å². The van der Waals surface area contributed by atoms with Crippen LogP contribution in [0.3, 0.4) is 0 Å². The Morgan fingerprint density at radius 2 is 1.66 bits per heavy atom. The molecule has 1 aromatic heterocycles. The van der Waals surface area contributed by atoms with Crippen LogP contribution in [0.4, 0.5) is 0 Å². The lowest BCUT2D eigenvalue weighted by Gasteiger charge is -2.36. The number of nitrogens with one attached hydrogen (secondary N) is 2.